The summed E-state index contributed by atoms with van der Waals surface area (Å²) in [5, 5.41) is 6.91. The number of carbonyl (C=O) groups is 1. The van der Waals surface area contributed by atoms with E-state index in [4.69, 9.17) is 16.3 Å². The number of hydrogen-bond acceptors (Lipinski definition) is 3. The average molecular weight is 636 g/mol. The molecule has 214 valence electrons. The molecule has 39 heavy (non-hydrogen) atoms. The largest absolute Gasteiger partial charge is 1.00 e. The van der Waals surface area contributed by atoms with E-state index < -0.39 is 0 Å². The monoisotopic (exact) mass is 634 g/mol. The van der Waals surface area contributed by atoms with Crippen LogP contribution in [0.3, 0.4) is 0 Å². The van der Waals surface area contributed by atoms with Crippen LogP contribution in [-0.4, -0.2) is 12.5 Å². The van der Waals surface area contributed by atoms with Crippen LogP contribution >= 0.6 is 22.9 Å². The molecule has 1 amide bonds. The van der Waals surface area contributed by atoms with Gasteiger partial charge in [0.25, 0.3) is 5.91 Å². The number of aromatic nitrogens is 1. The van der Waals surface area contributed by atoms with Crippen molar-refractivity contribution in [2.75, 3.05) is 11.9 Å². The number of rotatable bonds is 18. The van der Waals surface area contributed by atoms with Crippen molar-refractivity contribution in [3.05, 3.63) is 75.2 Å². The second kappa shape index (κ2) is 19.2. The molecule has 0 fully saturated rings. The molecule has 2 aromatic carbocycles. The fourth-order valence-corrected chi connectivity index (χ4v) is 5.46. The Morgan fingerprint density at radius 3 is 2.21 bits per heavy atom. The Morgan fingerprint density at radius 2 is 1.56 bits per heavy atom. The molecule has 0 spiro atoms. The van der Waals surface area contributed by atoms with Gasteiger partial charge in [-0.15, -0.1) is 0 Å². The van der Waals surface area contributed by atoms with E-state index >= 15 is 0 Å². The minimum Gasteiger partial charge on any atom is -1.00 e. The predicted molar refractivity (Wildman–Crippen MR) is 161 cm³/mol. The zero-order chi connectivity index (χ0) is 27.0. The van der Waals surface area contributed by atoms with Gasteiger partial charge < -0.3 is 27.0 Å². The quantitative estimate of drug-likeness (QED) is 0.130. The lowest BCUT2D eigenvalue weighted by molar-refractivity contribution is -0.689. The Bertz CT molecular complexity index is 1120. The van der Waals surface area contributed by atoms with E-state index in [1.54, 1.807) is 23.5 Å². The van der Waals surface area contributed by atoms with Crippen LogP contribution in [0.25, 0.3) is 0 Å². The highest BCUT2D eigenvalue weighted by atomic mass is 79.9. The molecular formula is C32H44BrClN2O2S. The van der Waals surface area contributed by atoms with Crippen molar-refractivity contribution >= 4 is 34.5 Å². The summed E-state index contributed by atoms with van der Waals surface area (Å²) in [4.78, 5) is 13.3. The van der Waals surface area contributed by atoms with Crippen LogP contribution in [0.2, 0.25) is 5.02 Å². The average Bonchev–Trinajstić information content (AvgIpc) is 3.32. The standard InChI is InChI=1S/C32H43ClN2O2S.BrH/c1-3-4-5-6-7-8-9-10-11-12-13-16-22-37-31-24-28(33)19-20-30(31)34-32(36)29-18-15-14-17-27(29)25-35-21-23-38-26(35)2;/h14-15,17-21,23-24H,3-13,16,22,25H2,1-2H3;1H. The maximum atomic E-state index is 13.3. The molecule has 0 radical (unpaired) electrons. The SMILES string of the molecule is CCCCCCCCCCCCCCOc1cc(Cl)ccc1NC(=O)c1ccccc1C[n+]1ccsc1C.[Br-]. The van der Waals surface area contributed by atoms with Crippen molar-refractivity contribution in [3.63, 3.8) is 0 Å². The summed E-state index contributed by atoms with van der Waals surface area (Å²) in [6.45, 7) is 5.62. The van der Waals surface area contributed by atoms with E-state index in [9.17, 15) is 4.79 Å². The van der Waals surface area contributed by atoms with Gasteiger partial charge in [0.1, 0.15) is 5.75 Å². The molecule has 0 saturated heterocycles. The molecule has 3 aromatic rings. The van der Waals surface area contributed by atoms with Crippen molar-refractivity contribution in [2.24, 2.45) is 0 Å². The van der Waals surface area contributed by atoms with E-state index in [0.29, 0.717) is 35.2 Å². The normalized spacial score (nSPS) is 10.7. The number of ether oxygens (including phenoxy) is 1. The van der Waals surface area contributed by atoms with E-state index in [-0.39, 0.29) is 22.9 Å². The fraction of sp³-hybridized carbons (Fsp3) is 0.500. The lowest BCUT2D eigenvalue weighted by Crippen LogP contribution is -3.00. The second-order valence-electron chi connectivity index (χ2n) is 10.0. The van der Waals surface area contributed by atoms with Gasteiger partial charge in [-0.25, -0.2) is 0 Å². The van der Waals surface area contributed by atoms with Gasteiger partial charge in [0.05, 0.1) is 17.7 Å². The molecule has 1 heterocycles. The van der Waals surface area contributed by atoms with Crippen LogP contribution in [0.5, 0.6) is 5.75 Å². The first kappa shape index (κ1) is 33.3. The van der Waals surface area contributed by atoms with Crippen LogP contribution in [0, 0.1) is 6.92 Å². The van der Waals surface area contributed by atoms with Gasteiger partial charge in [0.2, 0.25) is 5.01 Å². The third-order valence-electron chi connectivity index (χ3n) is 6.93. The molecule has 4 nitrogen and oxygen atoms in total. The Kier molecular flexibility index (Phi) is 16.4. The third-order valence-corrected chi connectivity index (χ3v) is 8.00. The summed E-state index contributed by atoms with van der Waals surface area (Å²) in [5.41, 5.74) is 2.28. The van der Waals surface area contributed by atoms with Crippen LogP contribution in [0.1, 0.15) is 105 Å². The number of thiazole rings is 1. The first-order valence-corrected chi connectivity index (χ1v) is 15.6. The zero-order valence-electron chi connectivity index (χ0n) is 23.5. The molecular weight excluding hydrogens is 592 g/mol. The lowest BCUT2D eigenvalue weighted by Gasteiger charge is -2.14. The molecule has 0 unspecified atom stereocenters. The molecule has 0 aliphatic carbocycles. The maximum Gasteiger partial charge on any atom is 0.256 e. The van der Waals surface area contributed by atoms with Gasteiger partial charge in [-0.3, -0.25) is 4.79 Å². The zero-order valence-corrected chi connectivity index (χ0v) is 26.7. The number of carbonyl (C=O) groups excluding carboxylic acids is 1. The number of nitrogens with one attached hydrogen (secondary N) is 1. The molecule has 1 aromatic heterocycles. The van der Waals surface area contributed by atoms with E-state index in [1.807, 2.05) is 30.3 Å². The highest BCUT2D eigenvalue weighted by Crippen LogP contribution is 2.29. The molecule has 3 rings (SSSR count). The minimum atomic E-state index is -0.147. The number of nitrogens with zero attached hydrogens (tertiary/aromatic N) is 1. The number of unbranched alkanes of at least 4 members (excludes halogenated alkanes) is 11. The summed E-state index contributed by atoms with van der Waals surface area (Å²) in [6, 6.07) is 13.1. The summed E-state index contributed by atoms with van der Waals surface area (Å²) < 4.78 is 8.23. The van der Waals surface area contributed by atoms with Crippen molar-refractivity contribution in [2.45, 2.75) is 97.4 Å². The van der Waals surface area contributed by atoms with Crippen LogP contribution in [0.15, 0.2) is 54.0 Å². The van der Waals surface area contributed by atoms with Crippen molar-refractivity contribution in [1.29, 1.82) is 0 Å². The summed E-state index contributed by atoms with van der Waals surface area (Å²) in [7, 11) is 0. The predicted octanol–water partition coefficient (Wildman–Crippen LogP) is 6.38. The summed E-state index contributed by atoms with van der Waals surface area (Å²) in [5.74, 6) is 0.473. The number of aryl methyl sites for hydroxylation is 1. The van der Waals surface area contributed by atoms with E-state index in [0.717, 1.165) is 18.4 Å². The van der Waals surface area contributed by atoms with Crippen molar-refractivity contribution < 1.29 is 31.1 Å². The molecule has 0 bridgehead atoms. The van der Waals surface area contributed by atoms with Crippen LogP contribution in [-0.2, 0) is 6.54 Å². The third kappa shape index (κ3) is 12.0. The number of benzene rings is 2. The summed E-state index contributed by atoms with van der Waals surface area (Å²) >= 11 is 7.95. The number of anilines is 1. The molecule has 0 aliphatic heterocycles. The first-order chi connectivity index (χ1) is 18.6. The van der Waals surface area contributed by atoms with Crippen LogP contribution in [0.4, 0.5) is 5.69 Å². The smallest absolute Gasteiger partial charge is 0.256 e. The maximum absolute atomic E-state index is 13.3. The van der Waals surface area contributed by atoms with Gasteiger partial charge in [0.15, 0.2) is 12.7 Å². The topological polar surface area (TPSA) is 42.2 Å². The number of amides is 1. The molecule has 0 atom stereocenters. The van der Waals surface area contributed by atoms with Crippen LogP contribution < -0.4 is 31.6 Å². The van der Waals surface area contributed by atoms with Gasteiger partial charge in [-0.1, -0.05) is 119 Å². The highest BCUT2D eigenvalue weighted by molar-refractivity contribution is 7.09. The Morgan fingerprint density at radius 1 is 0.923 bits per heavy atom. The second-order valence-corrected chi connectivity index (χ2v) is 11.6. The Labute approximate surface area is 254 Å². The first-order valence-electron chi connectivity index (χ1n) is 14.3. The Balaban J connectivity index is 0.00000533. The fourth-order valence-electron chi connectivity index (χ4n) is 4.64. The van der Waals surface area contributed by atoms with E-state index in [2.05, 4.69) is 35.3 Å². The summed E-state index contributed by atoms with van der Waals surface area (Å²) in [6.07, 6.45) is 17.7. The van der Waals surface area contributed by atoms with E-state index in [1.165, 1.54) is 69.2 Å². The Hall–Kier alpha value is -1.89. The van der Waals surface area contributed by atoms with Gasteiger partial charge >= 0.3 is 0 Å². The van der Waals surface area contributed by atoms with Gasteiger partial charge in [-0.2, -0.15) is 4.57 Å². The van der Waals surface area contributed by atoms with Crippen molar-refractivity contribution in [1.82, 2.24) is 0 Å². The minimum absolute atomic E-state index is 0. The molecule has 0 aliphatic rings. The molecule has 7 heteroatoms. The molecule has 0 saturated carbocycles. The van der Waals surface area contributed by atoms with Gasteiger partial charge in [-0.05, 0) is 24.6 Å². The number of hydrogen-bond donors (Lipinski definition) is 1. The molecule has 1 N–H and O–H groups in total. The highest BCUT2D eigenvalue weighted by Gasteiger charge is 2.18. The lowest BCUT2D eigenvalue weighted by atomic mass is 10.1. The number of halogens is 2. The van der Waals surface area contributed by atoms with Gasteiger partial charge in [0, 0.05) is 29.1 Å². The van der Waals surface area contributed by atoms with Crippen molar-refractivity contribution in [3.8, 4) is 5.75 Å².